The van der Waals surface area contributed by atoms with Crippen molar-refractivity contribution in [3.63, 3.8) is 0 Å². The lowest BCUT2D eigenvalue weighted by atomic mass is 10.0. The van der Waals surface area contributed by atoms with Gasteiger partial charge in [0.2, 0.25) is 0 Å². The van der Waals surface area contributed by atoms with Crippen molar-refractivity contribution in [3.05, 3.63) is 125 Å². The first-order chi connectivity index (χ1) is 21.7. The second-order valence-corrected chi connectivity index (χ2v) is 18.7. The molecule has 9 heteroatoms. The van der Waals surface area contributed by atoms with Crippen molar-refractivity contribution >= 4 is 32.0 Å². The van der Waals surface area contributed by atoms with E-state index in [-0.39, 0.29) is 12.4 Å². The molecule has 0 bridgehead atoms. The van der Waals surface area contributed by atoms with Crippen molar-refractivity contribution < 1.29 is 32.9 Å². The van der Waals surface area contributed by atoms with Gasteiger partial charge in [0, 0.05) is 0 Å². The Balaban J connectivity index is 1.70. The minimum Gasteiger partial charge on any atom is -0.488 e. The highest BCUT2D eigenvalue weighted by Gasteiger charge is 2.52. The third kappa shape index (κ3) is 8.63. The highest BCUT2D eigenvalue weighted by atomic mass is 31.2. The van der Waals surface area contributed by atoms with Gasteiger partial charge >= 0.3 is 5.97 Å². The highest BCUT2D eigenvalue weighted by molar-refractivity contribution is 7.63. The van der Waals surface area contributed by atoms with Gasteiger partial charge in [-0.1, -0.05) is 106 Å². The first-order valence-electron chi connectivity index (χ1n) is 15.0. The van der Waals surface area contributed by atoms with Crippen molar-refractivity contribution in [2.24, 2.45) is 0 Å². The summed E-state index contributed by atoms with van der Waals surface area (Å²) in [6.07, 6.45) is -2.03. The average molecular weight is 659 g/mol. The number of rotatable bonds is 11. The Morgan fingerprint density at radius 1 is 0.935 bits per heavy atom. The number of carboxylic acid groups (broad SMARTS) is 1. The van der Waals surface area contributed by atoms with Crippen molar-refractivity contribution in [2.45, 2.75) is 58.8 Å². The topological polar surface area (TPSA) is 93.1 Å². The summed E-state index contributed by atoms with van der Waals surface area (Å²) < 4.78 is 40.1. The first kappa shape index (κ1) is 34.9. The lowest BCUT2D eigenvalue weighted by molar-refractivity contribution is -0.138. The number of hydrogen-bond acceptors (Lipinski definition) is 4. The van der Waals surface area contributed by atoms with Crippen LogP contribution in [-0.4, -0.2) is 36.6 Å². The first-order valence-corrected chi connectivity index (χ1v) is 18.8. The van der Waals surface area contributed by atoms with Crippen LogP contribution in [0.4, 0.5) is 4.39 Å². The predicted molar refractivity (Wildman–Crippen MR) is 183 cm³/mol. The fraction of sp³-hybridized carbons (Fsp3) is 0.270. The fourth-order valence-corrected chi connectivity index (χ4v) is 11.6. The number of hydrogen-bond donors (Lipinski definition) is 2. The zero-order valence-corrected chi connectivity index (χ0v) is 28.7. The van der Waals surface area contributed by atoms with Gasteiger partial charge in [0.05, 0.1) is 24.3 Å². The molecule has 0 aromatic heterocycles. The maximum Gasteiger partial charge on any atom is 0.305 e. The molecule has 0 spiro atoms. The van der Waals surface area contributed by atoms with Gasteiger partial charge < -0.3 is 19.2 Å². The second-order valence-electron chi connectivity index (χ2n) is 12.5. The smallest absolute Gasteiger partial charge is 0.305 e. The molecular formula is C37H40FO6PSi. The summed E-state index contributed by atoms with van der Waals surface area (Å²) in [4.78, 5) is 23.3. The molecule has 4 aromatic carbocycles. The van der Waals surface area contributed by atoms with E-state index in [0.29, 0.717) is 11.3 Å². The molecule has 0 aliphatic heterocycles. The molecule has 2 N–H and O–H groups in total. The van der Waals surface area contributed by atoms with Crippen molar-refractivity contribution in [3.8, 4) is 17.3 Å². The quantitative estimate of drug-likeness (QED) is 0.102. The Kier molecular flexibility index (Phi) is 11.1. The molecule has 0 saturated heterocycles. The number of carbonyl (C=O) groups is 1. The molecule has 0 heterocycles. The van der Waals surface area contributed by atoms with Crippen LogP contribution < -0.4 is 15.1 Å². The van der Waals surface area contributed by atoms with E-state index >= 15 is 0 Å². The van der Waals surface area contributed by atoms with Crippen molar-refractivity contribution in [1.29, 1.82) is 0 Å². The zero-order chi connectivity index (χ0) is 33.5. The molecule has 2 atom stereocenters. The largest absolute Gasteiger partial charge is 0.488 e. The van der Waals surface area contributed by atoms with Crippen LogP contribution in [-0.2, 0) is 20.4 Å². The standard InChI is InChI=1S/C37H40FO6PSi/c1-27-22-28(2)34(35(23-27)43-25-29-16-18-30(38)19-17-29)20-21-45(41,42)26-31(24-36(39)40)44-46(37(3,4)5,32-12-8-6-9-13-32)33-14-10-7-11-15-33/h6-19,22-23,31H,24-26H2,1-5H3,(H,39,40)(H,41,42)/t31-/m0/s1. The van der Waals surface area contributed by atoms with E-state index in [4.69, 9.17) is 9.16 Å². The van der Waals surface area contributed by atoms with Crippen LogP contribution in [0.1, 0.15) is 49.4 Å². The van der Waals surface area contributed by atoms with E-state index in [1.165, 1.54) is 12.1 Å². The Hall–Kier alpha value is -3.99. The minimum atomic E-state index is -4.25. The van der Waals surface area contributed by atoms with Gasteiger partial charge in [-0.05, 0) is 69.8 Å². The van der Waals surface area contributed by atoms with Gasteiger partial charge in [0.25, 0.3) is 15.7 Å². The molecule has 240 valence electrons. The maximum absolute atomic E-state index is 13.7. The molecule has 46 heavy (non-hydrogen) atoms. The molecular weight excluding hydrogens is 618 g/mol. The van der Waals surface area contributed by atoms with E-state index in [1.54, 1.807) is 18.2 Å². The molecule has 0 aliphatic rings. The van der Waals surface area contributed by atoms with Gasteiger partial charge in [-0.15, -0.1) is 0 Å². The Morgan fingerprint density at radius 2 is 1.50 bits per heavy atom. The van der Waals surface area contributed by atoms with E-state index < -0.39 is 45.4 Å². The van der Waals surface area contributed by atoms with Crippen LogP contribution in [0.15, 0.2) is 97.1 Å². The van der Waals surface area contributed by atoms with E-state index in [9.17, 15) is 23.7 Å². The molecule has 0 radical (unpaired) electrons. The molecule has 1 unspecified atom stereocenters. The highest BCUT2D eigenvalue weighted by Crippen LogP contribution is 2.44. The summed E-state index contributed by atoms with van der Waals surface area (Å²) in [7, 11) is -7.47. The van der Waals surface area contributed by atoms with Crippen LogP contribution in [0.5, 0.6) is 5.75 Å². The van der Waals surface area contributed by atoms with Crippen LogP contribution >= 0.6 is 7.37 Å². The van der Waals surface area contributed by atoms with Crippen LogP contribution in [0, 0.1) is 31.2 Å². The van der Waals surface area contributed by atoms with Crippen molar-refractivity contribution in [1.82, 2.24) is 0 Å². The van der Waals surface area contributed by atoms with Crippen molar-refractivity contribution in [2.75, 3.05) is 6.16 Å². The summed E-state index contributed by atoms with van der Waals surface area (Å²) in [6.45, 7) is 10.1. The van der Waals surface area contributed by atoms with Crippen LogP contribution in [0.25, 0.3) is 0 Å². The average Bonchev–Trinajstić information content (AvgIpc) is 2.98. The number of aryl methyl sites for hydroxylation is 2. The third-order valence-corrected chi connectivity index (χ3v) is 14.2. The summed E-state index contributed by atoms with van der Waals surface area (Å²) >= 11 is 0. The molecule has 6 nitrogen and oxygen atoms in total. The number of aliphatic carboxylic acids is 1. The molecule has 4 aromatic rings. The number of benzene rings is 4. The fourth-order valence-electron chi connectivity index (χ4n) is 5.69. The Labute approximate surface area is 271 Å². The van der Waals surface area contributed by atoms with E-state index in [1.807, 2.05) is 80.6 Å². The van der Waals surface area contributed by atoms with E-state index in [0.717, 1.165) is 27.1 Å². The normalized spacial score (nSPS) is 13.6. The predicted octanol–water partition coefficient (Wildman–Crippen LogP) is 7.02. The molecule has 0 fully saturated rings. The number of halogens is 1. The summed E-state index contributed by atoms with van der Waals surface area (Å²) in [5, 5.41) is 11.3. The van der Waals surface area contributed by atoms with Gasteiger partial charge in [-0.2, -0.15) is 0 Å². The molecule has 0 saturated carbocycles. The zero-order valence-electron chi connectivity index (χ0n) is 26.8. The van der Waals surface area contributed by atoms with Gasteiger partial charge in [0.1, 0.15) is 18.2 Å². The third-order valence-electron chi connectivity index (χ3n) is 7.72. The molecule has 0 amide bonds. The summed E-state index contributed by atoms with van der Waals surface area (Å²) in [6, 6.07) is 29.1. The minimum absolute atomic E-state index is 0.154. The van der Waals surface area contributed by atoms with E-state index in [2.05, 4.69) is 32.4 Å². The lowest BCUT2D eigenvalue weighted by Crippen LogP contribution is -2.68. The Bertz CT molecular complexity index is 1720. The lowest BCUT2D eigenvalue weighted by Gasteiger charge is -2.45. The molecule has 0 aliphatic carbocycles. The van der Waals surface area contributed by atoms with Gasteiger partial charge in [-0.25, -0.2) is 4.39 Å². The monoisotopic (exact) mass is 658 g/mol. The van der Waals surface area contributed by atoms with Crippen LogP contribution in [0.3, 0.4) is 0 Å². The Morgan fingerprint density at radius 3 is 2.02 bits per heavy atom. The number of carboxylic acids is 1. The maximum atomic E-state index is 13.7. The van der Waals surface area contributed by atoms with Gasteiger partial charge in [-0.3, -0.25) is 9.36 Å². The second kappa shape index (κ2) is 14.6. The summed E-state index contributed by atoms with van der Waals surface area (Å²) in [5.41, 5.74) is 5.44. The molecule has 4 rings (SSSR count). The van der Waals surface area contributed by atoms with Gasteiger partial charge in [0.15, 0.2) is 0 Å². The number of ether oxygens (including phenoxy) is 1. The summed E-state index contributed by atoms with van der Waals surface area (Å²) in [5.74, 6) is 1.82. The van der Waals surface area contributed by atoms with Crippen LogP contribution in [0.2, 0.25) is 5.04 Å². The SMILES string of the molecule is Cc1cc(C)c(C#CP(=O)(O)C[C@H](CC(=O)O)O[Si](c2ccccc2)(c2ccccc2)C(C)(C)C)c(OCc2ccc(F)cc2)c1.